The fourth-order valence-electron chi connectivity index (χ4n) is 3.10. The molecule has 2 atom stereocenters. The van der Waals surface area contributed by atoms with E-state index in [0.29, 0.717) is 36.5 Å². The Morgan fingerprint density at radius 2 is 2.00 bits per heavy atom. The van der Waals surface area contributed by atoms with E-state index >= 15 is 0 Å². The molecule has 1 aliphatic rings. The molecule has 1 aromatic rings. The number of hydrogen-bond donors (Lipinski definition) is 2. The summed E-state index contributed by atoms with van der Waals surface area (Å²) in [5, 5.41) is 19.2. The lowest BCUT2D eigenvalue weighted by Gasteiger charge is -2.38. The summed E-state index contributed by atoms with van der Waals surface area (Å²) in [6, 6.07) is 3.23. The van der Waals surface area contributed by atoms with Gasteiger partial charge in [-0.05, 0) is 56.4 Å². The van der Waals surface area contributed by atoms with Crippen LogP contribution in [-0.2, 0) is 17.6 Å². The molecule has 2 N–H and O–H groups in total. The highest BCUT2D eigenvalue weighted by Crippen LogP contribution is 2.39. The lowest BCUT2D eigenvalue weighted by Crippen LogP contribution is -2.46. The van der Waals surface area contributed by atoms with Crippen LogP contribution < -0.4 is 9.47 Å². The van der Waals surface area contributed by atoms with E-state index in [1.165, 1.54) is 0 Å². The molecule has 1 aliphatic heterocycles. The minimum atomic E-state index is -1.40. The van der Waals surface area contributed by atoms with Crippen molar-refractivity contribution >= 4 is 11.9 Å². The lowest BCUT2D eigenvalue weighted by atomic mass is 9.88. The van der Waals surface area contributed by atoms with E-state index in [-0.39, 0.29) is 17.5 Å². The van der Waals surface area contributed by atoms with Crippen molar-refractivity contribution in [3.8, 4) is 11.5 Å². The number of aryl methyl sites for hydroxylation is 1. The maximum Gasteiger partial charge on any atom is 0.511 e. The molecule has 0 aromatic heterocycles. The molecule has 0 amide bonds. The van der Waals surface area contributed by atoms with E-state index < -0.39 is 17.9 Å². The number of aliphatic hydroxyl groups excluding tert-OH is 1. The van der Waals surface area contributed by atoms with E-state index in [2.05, 4.69) is 0 Å². The van der Waals surface area contributed by atoms with Crippen molar-refractivity contribution in [2.45, 2.75) is 65.6 Å². The van der Waals surface area contributed by atoms with Crippen molar-refractivity contribution in [2.24, 2.45) is 11.8 Å². The van der Waals surface area contributed by atoms with Crippen LogP contribution in [0.15, 0.2) is 24.3 Å². The topological polar surface area (TPSA) is 93.1 Å². The van der Waals surface area contributed by atoms with Crippen LogP contribution in [0.4, 0.5) is 4.79 Å². The van der Waals surface area contributed by atoms with Gasteiger partial charge in [0.25, 0.3) is 0 Å². The summed E-state index contributed by atoms with van der Waals surface area (Å²) in [4.78, 5) is 23.2. The van der Waals surface area contributed by atoms with Crippen LogP contribution in [0.1, 0.15) is 52.2 Å². The van der Waals surface area contributed by atoms with Crippen LogP contribution in [0.25, 0.3) is 0 Å². The second-order valence-corrected chi connectivity index (χ2v) is 8.31. The summed E-state index contributed by atoms with van der Waals surface area (Å²) in [6.07, 6.45) is 2.88. The predicted molar refractivity (Wildman–Crippen MR) is 106 cm³/mol. The molecule has 0 bridgehead atoms. The minimum Gasteiger partial charge on any atom is -0.485 e. The van der Waals surface area contributed by atoms with E-state index in [0.717, 1.165) is 5.56 Å². The zero-order valence-corrected chi connectivity index (χ0v) is 17.2. The molecular weight excluding hydrogens is 360 g/mol. The summed E-state index contributed by atoms with van der Waals surface area (Å²) < 4.78 is 10.9. The van der Waals surface area contributed by atoms with Gasteiger partial charge in [-0.3, -0.25) is 4.79 Å². The third kappa shape index (κ3) is 5.58. The highest BCUT2D eigenvalue weighted by Gasteiger charge is 2.37. The molecular formula is C22H30O6. The number of fused-ring (bicyclic) bond motifs is 1. The van der Waals surface area contributed by atoms with Crippen LogP contribution in [0, 0.1) is 11.8 Å². The number of rotatable bonds is 7. The normalized spacial score (nSPS) is 19.2. The molecule has 0 saturated carbocycles. The first-order valence-electron chi connectivity index (χ1n) is 9.65. The zero-order chi connectivity index (χ0) is 21.1. The van der Waals surface area contributed by atoms with Gasteiger partial charge in [0.05, 0.1) is 6.10 Å². The maximum atomic E-state index is 12.3. The number of benzene rings is 1. The predicted octanol–water partition coefficient (Wildman–Crippen LogP) is 4.17. The molecule has 1 aromatic carbocycles. The van der Waals surface area contributed by atoms with Crippen molar-refractivity contribution in [2.75, 3.05) is 0 Å². The zero-order valence-electron chi connectivity index (χ0n) is 17.2. The first kappa shape index (κ1) is 22.0. The number of hydrogen-bond acceptors (Lipinski definition) is 5. The highest BCUT2D eigenvalue weighted by atomic mass is 16.7. The van der Waals surface area contributed by atoms with Crippen LogP contribution in [0.2, 0.25) is 0 Å². The summed E-state index contributed by atoms with van der Waals surface area (Å²) in [5.74, 6) is 1.05. The number of carbonyl (C=O) groups is 2. The van der Waals surface area contributed by atoms with E-state index in [9.17, 15) is 14.7 Å². The molecule has 154 valence electrons. The van der Waals surface area contributed by atoms with Crippen molar-refractivity contribution in [1.82, 2.24) is 0 Å². The van der Waals surface area contributed by atoms with Gasteiger partial charge in [0, 0.05) is 17.9 Å². The van der Waals surface area contributed by atoms with E-state index in [1.54, 1.807) is 18.2 Å². The molecule has 0 aliphatic carbocycles. The second-order valence-electron chi connectivity index (χ2n) is 8.31. The molecule has 1 heterocycles. The van der Waals surface area contributed by atoms with Gasteiger partial charge in [-0.2, -0.15) is 0 Å². The summed E-state index contributed by atoms with van der Waals surface area (Å²) in [5.41, 5.74) is 0.735. The lowest BCUT2D eigenvalue weighted by molar-refractivity contribution is -0.117. The average Bonchev–Trinajstić information content (AvgIpc) is 2.58. The average molecular weight is 390 g/mol. The summed E-state index contributed by atoms with van der Waals surface area (Å²) in [7, 11) is 0. The molecule has 0 radical (unpaired) electrons. The maximum absolute atomic E-state index is 12.3. The number of ether oxygens (including phenoxy) is 2. The standard InChI is InChI=1S/C22H30O6/c1-13(2)6-9-18(23)14(3)7-8-15-10-17(27-21(25)26)11-16-12-19(24)22(4,5)28-20(15)16/h6,9-11,13-14,19,24H,7-8,12H2,1-5H3,(H,25,26)/b9-6+. The largest absolute Gasteiger partial charge is 0.511 e. The van der Waals surface area contributed by atoms with Crippen LogP contribution in [-0.4, -0.2) is 33.9 Å². The third-order valence-corrected chi connectivity index (χ3v) is 4.98. The Morgan fingerprint density at radius 1 is 1.32 bits per heavy atom. The van der Waals surface area contributed by atoms with Crippen molar-refractivity contribution in [1.29, 1.82) is 0 Å². The first-order chi connectivity index (χ1) is 13.0. The van der Waals surface area contributed by atoms with Gasteiger partial charge < -0.3 is 19.7 Å². The van der Waals surface area contributed by atoms with Gasteiger partial charge in [-0.1, -0.05) is 26.8 Å². The first-order valence-corrected chi connectivity index (χ1v) is 9.65. The molecule has 28 heavy (non-hydrogen) atoms. The van der Waals surface area contributed by atoms with Gasteiger partial charge in [0.1, 0.15) is 17.1 Å². The number of carbonyl (C=O) groups excluding carboxylic acids is 1. The van der Waals surface area contributed by atoms with Gasteiger partial charge in [0.15, 0.2) is 5.78 Å². The van der Waals surface area contributed by atoms with E-state index in [4.69, 9.17) is 14.6 Å². The Hall–Kier alpha value is -2.34. The molecule has 2 unspecified atom stereocenters. The third-order valence-electron chi connectivity index (χ3n) is 4.98. The van der Waals surface area contributed by atoms with Crippen LogP contribution >= 0.6 is 0 Å². The van der Waals surface area contributed by atoms with Gasteiger partial charge in [-0.15, -0.1) is 0 Å². The number of aliphatic hydroxyl groups is 1. The fourth-order valence-corrected chi connectivity index (χ4v) is 3.10. The van der Waals surface area contributed by atoms with Crippen LogP contribution in [0.3, 0.4) is 0 Å². The quantitative estimate of drug-likeness (QED) is 0.412. The Kier molecular flexibility index (Phi) is 6.88. The number of allylic oxidation sites excluding steroid dienone is 2. The van der Waals surface area contributed by atoms with E-state index in [1.807, 2.05) is 40.7 Å². The summed E-state index contributed by atoms with van der Waals surface area (Å²) >= 11 is 0. The number of carboxylic acid groups (broad SMARTS) is 1. The van der Waals surface area contributed by atoms with Crippen molar-refractivity contribution in [3.05, 3.63) is 35.4 Å². The Bertz CT molecular complexity index is 763. The minimum absolute atomic E-state index is 0.0668. The highest BCUT2D eigenvalue weighted by molar-refractivity contribution is 5.91. The fraction of sp³-hybridized carbons (Fsp3) is 0.545. The van der Waals surface area contributed by atoms with Gasteiger partial charge in [-0.25, -0.2) is 4.79 Å². The van der Waals surface area contributed by atoms with Crippen molar-refractivity contribution < 1.29 is 29.3 Å². The Balaban J connectivity index is 2.25. The van der Waals surface area contributed by atoms with Gasteiger partial charge >= 0.3 is 6.16 Å². The molecule has 0 fully saturated rings. The smallest absolute Gasteiger partial charge is 0.485 e. The van der Waals surface area contributed by atoms with Crippen LogP contribution in [0.5, 0.6) is 11.5 Å². The second kappa shape index (κ2) is 8.78. The Morgan fingerprint density at radius 3 is 2.61 bits per heavy atom. The number of ketones is 1. The molecule has 0 saturated heterocycles. The molecule has 0 spiro atoms. The molecule has 6 heteroatoms. The monoisotopic (exact) mass is 390 g/mol. The molecule has 6 nitrogen and oxygen atoms in total. The Labute approximate surface area is 166 Å². The van der Waals surface area contributed by atoms with Gasteiger partial charge in [0.2, 0.25) is 0 Å². The summed E-state index contributed by atoms with van der Waals surface area (Å²) in [6.45, 7) is 9.54. The molecule has 2 rings (SSSR count). The SMILES string of the molecule is CC(C)/C=C/C(=O)C(C)CCc1cc(OC(=O)O)cc2c1OC(C)(C)C(O)C2. The van der Waals surface area contributed by atoms with Crippen molar-refractivity contribution in [3.63, 3.8) is 0 Å².